The fourth-order valence-electron chi connectivity index (χ4n) is 1.53. The molecule has 0 aliphatic rings. The van der Waals surface area contributed by atoms with Crippen molar-refractivity contribution in [3.63, 3.8) is 0 Å². The third-order valence-corrected chi connectivity index (χ3v) is 2.26. The second-order valence-corrected chi connectivity index (χ2v) is 3.40. The molecule has 0 fully saturated rings. The van der Waals surface area contributed by atoms with Crippen molar-refractivity contribution in [2.45, 2.75) is 26.8 Å². The van der Waals surface area contributed by atoms with Crippen LogP contribution in [-0.2, 0) is 11.3 Å². The van der Waals surface area contributed by atoms with Gasteiger partial charge in [0.05, 0.1) is 6.42 Å². The Hall–Kier alpha value is -2.12. The van der Waals surface area contributed by atoms with E-state index in [1.54, 1.807) is 11.5 Å². The molecule has 0 bridgehead atoms. The van der Waals surface area contributed by atoms with E-state index in [0.717, 1.165) is 0 Å². The predicted octanol–water partition coefficient (Wildman–Crippen LogP) is 1.01. The van der Waals surface area contributed by atoms with Gasteiger partial charge in [-0.25, -0.2) is 0 Å². The highest BCUT2D eigenvalue weighted by Crippen LogP contribution is 2.24. The predicted molar refractivity (Wildman–Crippen MR) is 60.0 cm³/mol. The molecule has 1 aromatic heterocycles. The molecule has 8 heteroatoms. The number of aliphatic carboxylic acids is 1. The number of imidazole rings is 1. The lowest BCUT2D eigenvalue weighted by Gasteiger charge is -2.07. The molecule has 0 saturated heterocycles. The molecule has 1 heterocycles. The molecule has 0 amide bonds. The number of rotatable bonds is 6. The minimum atomic E-state index is -0.959. The summed E-state index contributed by atoms with van der Waals surface area (Å²) in [5.74, 6) is -0.442. The van der Waals surface area contributed by atoms with E-state index in [9.17, 15) is 14.9 Å². The first kappa shape index (κ1) is 12.9. The second kappa shape index (κ2) is 5.28. The van der Waals surface area contributed by atoms with Crippen molar-refractivity contribution in [3.05, 3.63) is 15.9 Å². The summed E-state index contributed by atoms with van der Waals surface area (Å²) >= 11 is 0. The number of carboxylic acid groups (broad SMARTS) is 1. The SMILES string of the molecule is CCn1c(C)nc([N+](=O)[O-])c1NCCC(=O)O. The number of carboxylic acids is 1. The smallest absolute Gasteiger partial charge is 0.406 e. The average molecular weight is 242 g/mol. The van der Waals surface area contributed by atoms with E-state index < -0.39 is 10.9 Å². The van der Waals surface area contributed by atoms with Crippen LogP contribution in [0.25, 0.3) is 0 Å². The lowest BCUT2D eigenvalue weighted by Crippen LogP contribution is -2.12. The lowest BCUT2D eigenvalue weighted by atomic mass is 10.4. The third kappa shape index (κ3) is 2.92. The van der Waals surface area contributed by atoms with Gasteiger partial charge in [0.1, 0.15) is 0 Å². The number of nitrogens with one attached hydrogen (secondary N) is 1. The molecule has 0 aliphatic carbocycles. The maximum atomic E-state index is 10.8. The van der Waals surface area contributed by atoms with E-state index in [-0.39, 0.29) is 24.6 Å². The number of nitrogens with zero attached hydrogens (tertiary/aromatic N) is 3. The Morgan fingerprint density at radius 1 is 1.65 bits per heavy atom. The maximum Gasteiger partial charge on any atom is 0.406 e. The molecule has 0 unspecified atom stereocenters. The van der Waals surface area contributed by atoms with Crippen LogP contribution in [0.2, 0.25) is 0 Å². The molecular formula is C9H14N4O4. The van der Waals surface area contributed by atoms with Gasteiger partial charge in [-0.2, -0.15) is 0 Å². The molecule has 0 atom stereocenters. The molecule has 17 heavy (non-hydrogen) atoms. The van der Waals surface area contributed by atoms with Gasteiger partial charge in [-0.05, 0) is 16.8 Å². The quantitative estimate of drug-likeness (QED) is 0.568. The fraction of sp³-hybridized carbons (Fsp3) is 0.556. The van der Waals surface area contributed by atoms with Gasteiger partial charge in [-0.1, -0.05) is 0 Å². The monoisotopic (exact) mass is 242 g/mol. The van der Waals surface area contributed by atoms with E-state index >= 15 is 0 Å². The van der Waals surface area contributed by atoms with Gasteiger partial charge >= 0.3 is 11.8 Å². The Bertz CT molecular complexity index is 440. The standard InChI is InChI=1S/C9H14N4O4/c1-3-12-6(2)11-9(13(16)17)8(12)10-5-4-7(14)15/h10H,3-5H2,1-2H3,(H,14,15). The molecule has 8 nitrogen and oxygen atoms in total. The highest BCUT2D eigenvalue weighted by Gasteiger charge is 2.24. The summed E-state index contributed by atoms with van der Waals surface area (Å²) in [6.07, 6.45) is -0.106. The van der Waals surface area contributed by atoms with E-state index in [1.165, 1.54) is 0 Å². The highest BCUT2D eigenvalue weighted by atomic mass is 16.6. The summed E-state index contributed by atoms with van der Waals surface area (Å²) < 4.78 is 1.64. The van der Waals surface area contributed by atoms with E-state index in [1.807, 2.05) is 6.92 Å². The molecule has 0 aromatic carbocycles. The highest BCUT2D eigenvalue weighted by molar-refractivity contribution is 5.67. The van der Waals surface area contributed by atoms with E-state index in [4.69, 9.17) is 5.11 Å². The van der Waals surface area contributed by atoms with Crippen LogP contribution in [0.1, 0.15) is 19.2 Å². The van der Waals surface area contributed by atoms with Gasteiger partial charge in [-0.3, -0.25) is 9.36 Å². The first-order valence-electron chi connectivity index (χ1n) is 5.14. The van der Waals surface area contributed by atoms with Gasteiger partial charge in [-0.15, -0.1) is 0 Å². The third-order valence-electron chi connectivity index (χ3n) is 2.26. The number of carbonyl (C=O) groups is 1. The zero-order chi connectivity index (χ0) is 13.0. The molecule has 94 valence electrons. The van der Waals surface area contributed by atoms with Crippen molar-refractivity contribution < 1.29 is 14.8 Å². The first-order chi connectivity index (χ1) is 7.97. The normalized spacial score (nSPS) is 10.2. The number of hydrogen-bond donors (Lipinski definition) is 2. The van der Waals surface area contributed by atoms with Gasteiger partial charge in [0.2, 0.25) is 11.6 Å². The minimum Gasteiger partial charge on any atom is -0.481 e. The van der Waals surface area contributed by atoms with Crippen LogP contribution >= 0.6 is 0 Å². The Morgan fingerprint density at radius 3 is 2.76 bits per heavy atom. The summed E-state index contributed by atoms with van der Waals surface area (Å²) in [5.41, 5.74) is 0. The topological polar surface area (TPSA) is 110 Å². The zero-order valence-corrected chi connectivity index (χ0v) is 9.63. The van der Waals surface area contributed by atoms with Crippen LogP contribution in [0.15, 0.2) is 0 Å². The summed E-state index contributed by atoms with van der Waals surface area (Å²) in [6, 6.07) is 0. The van der Waals surface area contributed by atoms with Gasteiger partial charge in [0.25, 0.3) is 0 Å². The van der Waals surface area contributed by atoms with E-state index in [2.05, 4.69) is 10.3 Å². The van der Waals surface area contributed by atoms with Gasteiger partial charge in [0.15, 0.2) is 0 Å². The molecule has 0 radical (unpaired) electrons. The maximum absolute atomic E-state index is 10.8. The molecule has 0 spiro atoms. The first-order valence-corrected chi connectivity index (χ1v) is 5.14. The van der Waals surface area contributed by atoms with Crippen LogP contribution in [-0.4, -0.2) is 32.1 Å². The van der Waals surface area contributed by atoms with Gasteiger partial charge < -0.3 is 20.5 Å². The second-order valence-electron chi connectivity index (χ2n) is 3.40. The number of nitro groups is 1. The average Bonchev–Trinajstić information content (AvgIpc) is 2.54. The summed E-state index contributed by atoms with van der Waals surface area (Å²) in [6.45, 7) is 4.16. The Labute approximate surface area is 97.4 Å². The summed E-state index contributed by atoms with van der Waals surface area (Å²) in [7, 11) is 0. The van der Waals surface area contributed by atoms with Crippen LogP contribution in [0, 0.1) is 17.0 Å². The molecule has 0 saturated carbocycles. The Kier molecular flexibility index (Phi) is 4.02. The molecule has 2 N–H and O–H groups in total. The summed E-state index contributed by atoms with van der Waals surface area (Å²) in [4.78, 5) is 24.4. The lowest BCUT2D eigenvalue weighted by molar-refractivity contribution is -0.388. The minimum absolute atomic E-state index is 0.106. The number of aromatic nitrogens is 2. The van der Waals surface area contributed by atoms with Crippen LogP contribution < -0.4 is 5.32 Å². The van der Waals surface area contributed by atoms with Crippen LogP contribution in [0.3, 0.4) is 0 Å². The van der Waals surface area contributed by atoms with Crippen molar-refractivity contribution in [2.75, 3.05) is 11.9 Å². The number of hydrogen-bond acceptors (Lipinski definition) is 5. The molecule has 0 aliphatic heterocycles. The van der Waals surface area contributed by atoms with Crippen LogP contribution in [0.5, 0.6) is 0 Å². The van der Waals surface area contributed by atoms with E-state index in [0.29, 0.717) is 12.4 Å². The van der Waals surface area contributed by atoms with Crippen molar-refractivity contribution in [2.24, 2.45) is 0 Å². The Balaban J connectivity index is 2.93. The van der Waals surface area contributed by atoms with Crippen molar-refractivity contribution in [1.82, 2.24) is 9.55 Å². The van der Waals surface area contributed by atoms with Gasteiger partial charge in [0, 0.05) is 20.0 Å². The largest absolute Gasteiger partial charge is 0.481 e. The summed E-state index contributed by atoms with van der Waals surface area (Å²) in [5, 5.41) is 22.0. The molecular weight excluding hydrogens is 228 g/mol. The fourth-order valence-corrected chi connectivity index (χ4v) is 1.53. The van der Waals surface area contributed by atoms with Crippen molar-refractivity contribution >= 4 is 17.6 Å². The molecule has 1 aromatic rings. The number of aryl methyl sites for hydroxylation is 1. The Morgan fingerprint density at radius 2 is 2.29 bits per heavy atom. The van der Waals surface area contributed by atoms with Crippen molar-refractivity contribution in [1.29, 1.82) is 0 Å². The number of anilines is 1. The van der Waals surface area contributed by atoms with Crippen molar-refractivity contribution in [3.8, 4) is 0 Å². The van der Waals surface area contributed by atoms with Crippen LogP contribution in [0.4, 0.5) is 11.6 Å². The zero-order valence-electron chi connectivity index (χ0n) is 9.63. The molecule has 1 rings (SSSR count).